The average Bonchev–Trinajstić information content (AvgIpc) is 2.86. The molecule has 108 valence electrons. The van der Waals surface area contributed by atoms with Crippen LogP contribution in [-0.2, 0) is 9.59 Å². The summed E-state index contributed by atoms with van der Waals surface area (Å²) in [6.45, 7) is 0. The Hall–Kier alpha value is -3.21. The van der Waals surface area contributed by atoms with Gasteiger partial charge in [0, 0.05) is 22.9 Å². The van der Waals surface area contributed by atoms with Gasteiger partial charge in [-0.05, 0) is 12.1 Å². The first-order valence-corrected chi connectivity index (χ1v) is 6.68. The van der Waals surface area contributed by atoms with Crippen molar-refractivity contribution in [3.63, 3.8) is 0 Å². The Bertz CT molecular complexity index is 795. The van der Waals surface area contributed by atoms with Crippen molar-refractivity contribution in [3.05, 3.63) is 77.5 Å². The first-order chi connectivity index (χ1) is 10.6. The van der Waals surface area contributed by atoms with Crippen LogP contribution in [0.1, 0.15) is 15.9 Å². The molecule has 2 N–H and O–H groups in total. The molecule has 1 aliphatic rings. The Morgan fingerprint density at radius 1 is 0.909 bits per heavy atom. The number of nitrogens with one attached hydrogen (secondary N) is 2. The monoisotopic (exact) mass is 292 g/mol. The third kappa shape index (κ3) is 2.64. The average molecular weight is 292 g/mol. The number of carbonyl (C=O) groups excluding carboxylic acids is 3. The molecule has 0 spiro atoms. The van der Waals surface area contributed by atoms with Gasteiger partial charge < -0.3 is 5.32 Å². The van der Waals surface area contributed by atoms with Gasteiger partial charge in [-0.25, -0.2) is 0 Å². The Morgan fingerprint density at radius 2 is 1.59 bits per heavy atom. The molecule has 0 saturated heterocycles. The van der Waals surface area contributed by atoms with Crippen LogP contribution in [0.25, 0.3) is 0 Å². The molecule has 5 nitrogen and oxygen atoms in total. The zero-order chi connectivity index (χ0) is 15.5. The Kier molecular flexibility index (Phi) is 3.53. The summed E-state index contributed by atoms with van der Waals surface area (Å²) in [6.07, 6.45) is 1.17. The molecule has 3 rings (SSSR count). The smallest absolute Gasteiger partial charge is 0.274 e. The molecule has 0 aromatic heterocycles. The van der Waals surface area contributed by atoms with Crippen LogP contribution < -0.4 is 10.6 Å². The summed E-state index contributed by atoms with van der Waals surface area (Å²) in [5.41, 5.74) is 1.59. The fraction of sp³-hybridized carbons (Fsp3) is 0. The molecule has 0 unspecified atom stereocenters. The highest BCUT2D eigenvalue weighted by atomic mass is 16.2. The van der Waals surface area contributed by atoms with Gasteiger partial charge in [0.2, 0.25) is 0 Å². The highest BCUT2D eigenvalue weighted by Crippen LogP contribution is 2.21. The van der Waals surface area contributed by atoms with E-state index < -0.39 is 11.8 Å². The Balaban J connectivity index is 1.94. The fourth-order valence-electron chi connectivity index (χ4n) is 2.19. The summed E-state index contributed by atoms with van der Waals surface area (Å²) in [5.74, 6) is -1.14. The van der Waals surface area contributed by atoms with E-state index in [1.807, 2.05) is 6.07 Å². The molecule has 0 fully saturated rings. The lowest BCUT2D eigenvalue weighted by atomic mass is 10.0. The van der Waals surface area contributed by atoms with Crippen LogP contribution in [0, 0.1) is 0 Å². The lowest BCUT2D eigenvalue weighted by molar-refractivity contribution is -0.123. The normalized spacial score (nSPS) is 13.5. The zero-order valence-electron chi connectivity index (χ0n) is 11.5. The van der Waals surface area contributed by atoms with Crippen LogP contribution in [0.15, 0.2) is 66.4 Å². The van der Waals surface area contributed by atoms with Gasteiger partial charge in [-0.2, -0.15) is 0 Å². The van der Waals surface area contributed by atoms with E-state index in [4.69, 9.17) is 0 Å². The van der Waals surface area contributed by atoms with Crippen LogP contribution >= 0.6 is 0 Å². The van der Waals surface area contributed by atoms with Crippen molar-refractivity contribution >= 4 is 23.3 Å². The lowest BCUT2D eigenvalue weighted by Crippen LogP contribution is -2.24. The number of hydrogen-bond donors (Lipinski definition) is 2. The van der Waals surface area contributed by atoms with E-state index in [2.05, 4.69) is 10.6 Å². The molecule has 0 saturated carbocycles. The first kappa shape index (κ1) is 13.8. The molecular formula is C17H12N2O3. The van der Waals surface area contributed by atoms with E-state index in [-0.39, 0.29) is 11.5 Å². The standard InChI is InChI=1S/C17H12N2O3/c20-15-10-14(17(22)19-15)18-13-9-5-4-8-12(13)16(21)11-6-2-1-3-7-11/h1-10H,(H2,18,19,20,22). The van der Waals surface area contributed by atoms with Crippen LogP contribution in [-0.4, -0.2) is 17.6 Å². The summed E-state index contributed by atoms with van der Waals surface area (Å²) < 4.78 is 0. The lowest BCUT2D eigenvalue weighted by Gasteiger charge is -2.11. The summed E-state index contributed by atoms with van der Waals surface area (Å²) in [4.78, 5) is 35.3. The second kappa shape index (κ2) is 5.65. The van der Waals surface area contributed by atoms with E-state index in [1.54, 1.807) is 48.5 Å². The van der Waals surface area contributed by atoms with Crippen molar-refractivity contribution in [1.29, 1.82) is 0 Å². The summed E-state index contributed by atoms with van der Waals surface area (Å²) in [7, 11) is 0. The number of carbonyl (C=O) groups is 3. The number of benzene rings is 2. The minimum absolute atomic E-state index is 0.123. The van der Waals surface area contributed by atoms with Gasteiger partial charge in [0.1, 0.15) is 5.70 Å². The van der Waals surface area contributed by atoms with Gasteiger partial charge in [0.25, 0.3) is 11.8 Å². The highest BCUT2D eigenvalue weighted by molar-refractivity contribution is 6.18. The van der Waals surface area contributed by atoms with Crippen LogP contribution in [0.5, 0.6) is 0 Å². The maximum Gasteiger partial charge on any atom is 0.274 e. The minimum atomic E-state index is -0.507. The van der Waals surface area contributed by atoms with E-state index in [0.717, 1.165) is 0 Å². The number of rotatable bonds is 4. The van der Waals surface area contributed by atoms with Gasteiger partial charge in [-0.15, -0.1) is 0 Å². The van der Waals surface area contributed by atoms with Crippen molar-refractivity contribution in [1.82, 2.24) is 5.32 Å². The highest BCUT2D eigenvalue weighted by Gasteiger charge is 2.22. The molecular weight excluding hydrogens is 280 g/mol. The van der Waals surface area contributed by atoms with Crippen molar-refractivity contribution in [2.75, 3.05) is 5.32 Å². The van der Waals surface area contributed by atoms with E-state index in [0.29, 0.717) is 16.8 Å². The van der Waals surface area contributed by atoms with E-state index in [1.165, 1.54) is 6.08 Å². The molecule has 22 heavy (non-hydrogen) atoms. The number of hydrogen-bond acceptors (Lipinski definition) is 4. The summed E-state index contributed by atoms with van der Waals surface area (Å²) in [5, 5.41) is 5.00. The number of para-hydroxylation sites is 1. The molecule has 0 bridgehead atoms. The number of anilines is 1. The van der Waals surface area contributed by atoms with Gasteiger partial charge in [-0.3, -0.25) is 19.7 Å². The summed E-state index contributed by atoms with van der Waals surface area (Å²) in [6, 6.07) is 15.7. The second-order valence-electron chi connectivity index (χ2n) is 4.74. The van der Waals surface area contributed by atoms with Gasteiger partial charge >= 0.3 is 0 Å². The van der Waals surface area contributed by atoms with Gasteiger partial charge in [0.15, 0.2) is 5.78 Å². The minimum Gasteiger partial charge on any atom is -0.350 e. The largest absolute Gasteiger partial charge is 0.350 e. The summed E-state index contributed by atoms with van der Waals surface area (Å²) >= 11 is 0. The van der Waals surface area contributed by atoms with Gasteiger partial charge in [0.05, 0.1) is 0 Å². The Morgan fingerprint density at radius 3 is 2.27 bits per heavy atom. The predicted octanol–water partition coefficient (Wildman–Crippen LogP) is 1.87. The van der Waals surface area contributed by atoms with Gasteiger partial charge in [-0.1, -0.05) is 42.5 Å². The topological polar surface area (TPSA) is 75.3 Å². The third-order valence-electron chi connectivity index (χ3n) is 3.23. The molecule has 0 atom stereocenters. The molecule has 2 aromatic rings. The molecule has 2 aromatic carbocycles. The van der Waals surface area contributed by atoms with Crippen molar-refractivity contribution < 1.29 is 14.4 Å². The molecule has 1 aliphatic heterocycles. The van der Waals surface area contributed by atoms with Crippen molar-refractivity contribution in [3.8, 4) is 0 Å². The maximum absolute atomic E-state index is 12.6. The first-order valence-electron chi connectivity index (χ1n) is 6.68. The number of amides is 2. The van der Waals surface area contributed by atoms with Crippen LogP contribution in [0.2, 0.25) is 0 Å². The van der Waals surface area contributed by atoms with E-state index in [9.17, 15) is 14.4 Å². The SMILES string of the molecule is O=C1C=C(Nc2ccccc2C(=O)c2ccccc2)C(=O)N1. The zero-order valence-corrected chi connectivity index (χ0v) is 11.5. The maximum atomic E-state index is 12.6. The van der Waals surface area contributed by atoms with Crippen LogP contribution in [0.3, 0.4) is 0 Å². The second-order valence-corrected chi connectivity index (χ2v) is 4.74. The third-order valence-corrected chi connectivity index (χ3v) is 3.23. The molecule has 1 heterocycles. The predicted molar refractivity (Wildman–Crippen MR) is 81.2 cm³/mol. The molecule has 0 radical (unpaired) electrons. The van der Waals surface area contributed by atoms with E-state index >= 15 is 0 Å². The molecule has 5 heteroatoms. The Labute approximate surface area is 126 Å². The van der Waals surface area contributed by atoms with Crippen LogP contribution in [0.4, 0.5) is 5.69 Å². The number of ketones is 1. The molecule has 0 aliphatic carbocycles. The number of imide groups is 1. The van der Waals surface area contributed by atoms with Crippen molar-refractivity contribution in [2.24, 2.45) is 0 Å². The fourth-order valence-corrected chi connectivity index (χ4v) is 2.19. The quantitative estimate of drug-likeness (QED) is 0.666. The van der Waals surface area contributed by atoms with Crippen molar-refractivity contribution in [2.45, 2.75) is 0 Å². The molecule has 2 amide bonds.